The zero-order chi connectivity index (χ0) is 24.7. The molecule has 3 aromatic rings. The number of hydrogen-bond donors (Lipinski definition) is 2. The molecule has 1 amide bonds. The smallest absolute Gasteiger partial charge is 0.406 e. The third kappa shape index (κ3) is 5.29. The lowest BCUT2D eigenvalue weighted by atomic mass is 9.70. The van der Waals surface area contributed by atoms with Gasteiger partial charge in [-0.1, -0.05) is 20.8 Å². The summed E-state index contributed by atoms with van der Waals surface area (Å²) >= 11 is 0. The van der Waals surface area contributed by atoms with E-state index in [0.717, 1.165) is 30.3 Å². The average molecular weight is 475 g/mol. The normalized spacial score (nSPS) is 20.2. The van der Waals surface area contributed by atoms with Gasteiger partial charge < -0.3 is 19.9 Å². The molecular weight excluding hydrogens is 445 g/mol. The van der Waals surface area contributed by atoms with Gasteiger partial charge in [0.25, 0.3) is 5.91 Å². The SMILES string of the molecule is CNC(=O)c1ccc2nc(Nc3ccc(OC(F)(F)F)cc3)n(C3CC(C)CC(C)(C)C3)c2c1. The molecule has 1 aliphatic carbocycles. The van der Waals surface area contributed by atoms with Gasteiger partial charge in [0.2, 0.25) is 5.95 Å². The molecule has 1 saturated carbocycles. The van der Waals surface area contributed by atoms with E-state index in [-0.39, 0.29) is 23.1 Å². The molecule has 2 atom stereocenters. The minimum atomic E-state index is -4.74. The van der Waals surface area contributed by atoms with Gasteiger partial charge in [0.05, 0.1) is 11.0 Å². The van der Waals surface area contributed by atoms with Gasteiger partial charge in [-0.2, -0.15) is 0 Å². The first-order valence-corrected chi connectivity index (χ1v) is 11.3. The van der Waals surface area contributed by atoms with Crippen molar-refractivity contribution in [3.05, 3.63) is 48.0 Å². The molecule has 0 radical (unpaired) electrons. The molecule has 0 spiro atoms. The summed E-state index contributed by atoms with van der Waals surface area (Å²) in [5.41, 5.74) is 2.85. The number of benzene rings is 2. The minimum Gasteiger partial charge on any atom is -0.406 e. The Labute approximate surface area is 196 Å². The Morgan fingerprint density at radius 3 is 2.47 bits per heavy atom. The number of aromatic nitrogens is 2. The first-order valence-electron chi connectivity index (χ1n) is 11.3. The van der Waals surface area contributed by atoms with Crippen LogP contribution in [0.5, 0.6) is 5.75 Å². The Hall–Kier alpha value is -3.23. The fourth-order valence-corrected chi connectivity index (χ4v) is 5.20. The Kier molecular flexibility index (Phi) is 6.22. The number of hydrogen-bond acceptors (Lipinski definition) is 4. The van der Waals surface area contributed by atoms with E-state index in [9.17, 15) is 18.0 Å². The number of rotatable bonds is 5. The molecule has 4 rings (SSSR count). The van der Waals surface area contributed by atoms with Crippen molar-refractivity contribution in [1.29, 1.82) is 0 Å². The fourth-order valence-electron chi connectivity index (χ4n) is 5.20. The van der Waals surface area contributed by atoms with Crippen molar-refractivity contribution >= 4 is 28.6 Å². The Morgan fingerprint density at radius 2 is 1.85 bits per heavy atom. The largest absolute Gasteiger partial charge is 0.573 e. The van der Waals surface area contributed by atoms with Crippen LogP contribution in [-0.4, -0.2) is 28.9 Å². The first kappa shape index (κ1) is 23.9. The maximum atomic E-state index is 12.5. The number of alkyl halides is 3. The molecule has 0 saturated heterocycles. The van der Waals surface area contributed by atoms with E-state index < -0.39 is 6.36 Å². The maximum Gasteiger partial charge on any atom is 0.573 e. The molecule has 34 heavy (non-hydrogen) atoms. The molecule has 1 fully saturated rings. The maximum absolute atomic E-state index is 12.5. The molecule has 1 heterocycles. The van der Waals surface area contributed by atoms with Crippen molar-refractivity contribution in [1.82, 2.24) is 14.9 Å². The Bertz CT molecular complexity index is 1190. The van der Waals surface area contributed by atoms with Crippen LogP contribution in [0, 0.1) is 11.3 Å². The molecule has 2 aromatic carbocycles. The zero-order valence-corrected chi connectivity index (χ0v) is 19.7. The van der Waals surface area contributed by atoms with E-state index in [4.69, 9.17) is 4.98 Å². The van der Waals surface area contributed by atoms with Gasteiger partial charge in [-0.25, -0.2) is 4.98 Å². The molecular formula is C25H29F3N4O2. The lowest BCUT2D eigenvalue weighted by Crippen LogP contribution is -2.29. The molecule has 1 aromatic heterocycles. The van der Waals surface area contributed by atoms with Crippen LogP contribution in [0.15, 0.2) is 42.5 Å². The van der Waals surface area contributed by atoms with Crippen molar-refractivity contribution in [3.8, 4) is 5.75 Å². The van der Waals surface area contributed by atoms with E-state index >= 15 is 0 Å². The predicted molar refractivity (Wildman–Crippen MR) is 125 cm³/mol. The van der Waals surface area contributed by atoms with Gasteiger partial charge in [0.15, 0.2) is 0 Å². The van der Waals surface area contributed by atoms with Crippen LogP contribution in [0.25, 0.3) is 11.0 Å². The first-order chi connectivity index (χ1) is 15.9. The highest BCUT2D eigenvalue weighted by Gasteiger charge is 2.35. The summed E-state index contributed by atoms with van der Waals surface area (Å²) in [6.45, 7) is 6.77. The number of carbonyl (C=O) groups excluding carboxylic acids is 1. The highest BCUT2D eigenvalue weighted by molar-refractivity contribution is 5.97. The molecule has 9 heteroatoms. The fraction of sp³-hybridized carbons (Fsp3) is 0.440. The number of anilines is 2. The van der Waals surface area contributed by atoms with E-state index in [0.29, 0.717) is 23.1 Å². The number of imidazole rings is 1. The second kappa shape index (κ2) is 8.85. The highest BCUT2D eigenvalue weighted by atomic mass is 19.4. The number of nitrogens with one attached hydrogen (secondary N) is 2. The topological polar surface area (TPSA) is 68.2 Å². The molecule has 0 aliphatic heterocycles. The number of fused-ring (bicyclic) bond motifs is 1. The van der Waals surface area contributed by atoms with Crippen LogP contribution in [0.4, 0.5) is 24.8 Å². The van der Waals surface area contributed by atoms with E-state index in [1.54, 1.807) is 13.1 Å². The number of nitrogens with zero attached hydrogens (tertiary/aromatic N) is 2. The lowest BCUT2D eigenvalue weighted by Gasteiger charge is -2.40. The van der Waals surface area contributed by atoms with Gasteiger partial charge in [-0.15, -0.1) is 13.2 Å². The van der Waals surface area contributed by atoms with Crippen molar-refractivity contribution in [2.45, 2.75) is 52.4 Å². The molecule has 2 unspecified atom stereocenters. The zero-order valence-electron chi connectivity index (χ0n) is 19.7. The van der Waals surface area contributed by atoms with Crippen molar-refractivity contribution in [2.75, 3.05) is 12.4 Å². The molecule has 6 nitrogen and oxygen atoms in total. The summed E-state index contributed by atoms with van der Waals surface area (Å²) < 4.78 is 43.6. The minimum absolute atomic E-state index is 0.144. The molecule has 182 valence electrons. The predicted octanol–water partition coefficient (Wildman–Crippen LogP) is 6.43. The number of ether oxygens (including phenoxy) is 1. The number of amides is 1. The molecule has 1 aliphatic rings. The quantitative estimate of drug-likeness (QED) is 0.447. The summed E-state index contributed by atoms with van der Waals surface area (Å²) in [4.78, 5) is 17.1. The summed E-state index contributed by atoms with van der Waals surface area (Å²) in [5.74, 6) is 0.634. The molecule has 0 bridgehead atoms. The summed E-state index contributed by atoms with van der Waals surface area (Å²) in [5, 5.41) is 5.93. The van der Waals surface area contributed by atoms with Gasteiger partial charge in [0.1, 0.15) is 5.75 Å². The Balaban J connectivity index is 1.75. The van der Waals surface area contributed by atoms with Crippen molar-refractivity contribution in [3.63, 3.8) is 0 Å². The van der Waals surface area contributed by atoms with E-state index in [1.165, 1.54) is 24.3 Å². The van der Waals surface area contributed by atoms with Gasteiger partial charge in [-0.3, -0.25) is 4.79 Å². The van der Waals surface area contributed by atoms with E-state index in [2.05, 4.69) is 40.7 Å². The van der Waals surface area contributed by atoms with Crippen LogP contribution in [0.2, 0.25) is 0 Å². The summed E-state index contributed by atoms with van der Waals surface area (Å²) in [6.07, 6.45) is -1.70. The average Bonchev–Trinajstić information content (AvgIpc) is 3.09. The van der Waals surface area contributed by atoms with Gasteiger partial charge in [-0.05, 0) is 73.1 Å². The third-order valence-corrected chi connectivity index (χ3v) is 6.25. The van der Waals surface area contributed by atoms with Gasteiger partial charge >= 0.3 is 6.36 Å². The van der Waals surface area contributed by atoms with E-state index in [1.807, 2.05) is 12.1 Å². The summed E-state index contributed by atoms with van der Waals surface area (Å²) in [6, 6.07) is 11.1. The van der Waals surface area contributed by atoms with Gasteiger partial charge in [0, 0.05) is 24.3 Å². The lowest BCUT2D eigenvalue weighted by molar-refractivity contribution is -0.274. The second-order valence-electron chi connectivity index (χ2n) is 9.85. The third-order valence-electron chi connectivity index (χ3n) is 6.25. The summed E-state index contributed by atoms with van der Waals surface area (Å²) in [7, 11) is 1.59. The van der Waals surface area contributed by atoms with Crippen LogP contribution < -0.4 is 15.4 Å². The van der Waals surface area contributed by atoms with Crippen molar-refractivity contribution in [2.24, 2.45) is 11.3 Å². The monoisotopic (exact) mass is 474 g/mol. The number of halogens is 3. The van der Waals surface area contributed by atoms with Crippen LogP contribution in [0.3, 0.4) is 0 Å². The molecule has 2 N–H and O–H groups in total. The van der Waals surface area contributed by atoms with Crippen LogP contribution >= 0.6 is 0 Å². The van der Waals surface area contributed by atoms with Crippen molar-refractivity contribution < 1.29 is 22.7 Å². The second-order valence-corrected chi connectivity index (χ2v) is 9.85. The standard InChI is InChI=1S/C25H29F3N4O2/c1-15-11-18(14-24(2,3)13-15)32-21-12-16(22(33)29-4)5-10-20(21)31-23(32)30-17-6-8-19(9-7-17)34-25(26,27)28/h5-10,12,15,18H,11,13-14H2,1-4H3,(H,29,33)(H,30,31). The van der Waals surface area contributed by atoms with Crippen LogP contribution in [-0.2, 0) is 0 Å². The van der Waals surface area contributed by atoms with Crippen LogP contribution in [0.1, 0.15) is 56.4 Å². The Morgan fingerprint density at radius 1 is 1.15 bits per heavy atom. The highest BCUT2D eigenvalue weighted by Crippen LogP contribution is 2.46. The number of carbonyl (C=O) groups is 1.